The first-order chi connectivity index (χ1) is 10.5. The number of nitrogens with one attached hydrogen (secondary N) is 1. The highest BCUT2D eigenvalue weighted by Crippen LogP contribution is 2.39. The van der Waals surface area contributed by atoms with Crippen molar-refractivity contribution in [2.24, 2.45) is 0 Å². The van der Waals surface area contributed by atoms with Crippen LogP contribution in [0.25, 0.3) is 0 Å². The third kappa shape index (κ3) is 5.42. The number of carbonyl (C=O) groups is 1. The molecule has 0 bridgehead atoms. The summed E-state index contributed by atoms with van der Waals surface area (Å²) in [6.45, 7) is 16.6. The molecule has 128 valence electrons. The second kappa shape index (κ2) is 7.20. The summed E-state index contributed by atoms with van der Waals surface area (Å²) in [6, 6.07) is 4.07. The van der Waals surface area contributed by atoms with Crippen LogP contribution in [-0.2, 0) is 22.0 Å². The molecule has 3 heteroatoms. The number of hydrogen-bond acceptors (Lipinski definition) is 2. The van der Waals surface area contributed by atoms with Crippen LogP contribution in [0.3, 0.4) is 0 Å². The van der Waals surface area contributed by atoms with Gasteiger partial charge < -0.3 is 10.4 Å². The molecule has 23 heavy (non-hydrogen) atoms. The number of carbonyl (C=O) groups excluding carboxylic acids is 1. The van der Waals surface area contributed by atoms with Gasteiger partial charge in [0.2, 0.25) is 5.91 Å². The smallest absolute Gasteiger partial charge is 0.220 e. The fourth-order valence-corrected chi connectivity index (χ4v) is 2.51. The molecule has 0 heterocycles. The SMILES string of the molecule is C=CCNC(=O)CCc1cc(C(C)(C)C)c(O)c(C(C)(C)C)c1. The highest BCUT2D eigenvalue weighted by Gasteiger charge is 2.26. The first-order valence-corrected chi connectivity index (χ1v) is 8.21. The van der Waals surface area contributed by atoms with Crippen molar-refractivity contribution in [3.05, 3.63) is 41.5 Å². The van der Waals surface area contributed by atoms with Gasteiger partial charge in [0, 0.05) is 13.0 Å². The Balaban J connectivity index is 3.13. The molecule has 1 aromatic rings. The Morgan fingerprint density at radius 2 is 1.61 bits per heavy atom. The third-order valence-corrected chi connectivity index (χ3v) is 3.87. The molecule has 1 aromatic carbocycles. The van der Waals surface area contributed by atoms with Crippen molar-refractivity contribution in [3.63, 3.8) is 0 Å². The van der Waals surface area contributed by atoms with Crippen molar-refractivity contribution in [1.82, 2.24) is 5.32 Å². The van der Waals surface area contributed by atoms with Gasteiger partial charge in [-0.15, -0.1) is 6.58 Å². The normalized spacial score (nSPS) is 12.1. The minimum absolute atomic E-state index is 0.0209. The van der Waals surface area contributed by atoms with Gasteiger partial charge in [0.05, 0.1) is 0 Å². The van der Waals surface area contributed by atoms with Crippen LogP contribution in [0.1, 0.15) is 64.7 Å². The van der Waals surface area contributed by atoms with E-state index in [9.17, 15) is 9.90 Å². The summed E-state index contributed by atoms with van der Waals surface area (Å²) in [6.07, 6.45) is 2.77. The number of aromatic hydroxyl groups is 1. The first kappa shape index (κ1) is 19.3. The first-order valence-electron chi connectivity index (χ1n) is 8.21. The quantitative estimate of drug-likeness (QED) is 0.799. The number of phenols is 1. The standard InChI is InChI=1S/C20H31NO2/c1-8-11-21-17(22)10-9-14-12-15(19(2,3)4)18(23)16(13-14)20(5,6)7/h8,12-13,23H,1,9-11H2,2-7H3,(H,21,22). The van der Waals surface area contributed by atoms with Crippen molar-refractivity contribution in [2.45, 2.75) is 65.2 Å². The minimum atomic E-state index is -0.148. The zero-order chi connectivity index (χ0) is 17.8. The molecule has 0 unspecified atom stereocenters. The lowest BCUT2D eigenvalue weighted by molar-refractivity contribution is -0.120. The molecule has 0 saturated heterocycles. The van der Waals surface area contributed by atoms with Gasteiger partial charge in [-0.2, -0.15) is 0 Å². The Labute approximate surface area is 140 Å². The molecule has 0 aliphatic heterocycles. The van der Waals surface area contributed by atoms with Crippen molar-refractivity contribution in [3.8, 4) is 5.75 Å². The van der Waals surface area contributed by atoms with Gasteiger partial charge in [-0.3, -0.25) is 4.79 Å². The molecule has 0 radical (unpaired) electrons. The summed E-state index contributed by atoms with van der Waals surface area (Å²) in [5, 5.41) is 13.5. The van der Waals surface area contributed by atoms with Gasteiger partial charge in [-0.25, -0.2) is 0 Å². The average Bonchev–Trinajstić information content (AvgIpc) is 2.41. The number of aryl methyl sites for hydroxylation is 1. The van der Waals surface area contributed by atoms with Crippen molar-refractivity contribution in [2.75, 3.05) is 6.54 Å². The molecule has 1 rings (SSSR count). The van der Waals surface area contributed by atoms with Crippen LogP contribution < -0.4 is 5.32 Å². The fraction of sp³-hybridized carbons (Fsp3) is 0.550. The number of rotatable bonds is 5. The molecular weight excluding hydrogens is 286 g/mol. The molecule has 0 aliphatic rings. The predicted octanol–water partition coefficient (Wildman–Crippen LogP) is 4.22. The summed E-state index contributed by atoms with van der Waals surface area (Å²) < 4.78 is 0. The van der Waals surface area contributed by atoms with Crippen LogP contribution in [0.5, 0.6) is 5.75 Å². The number of hydrogen-bond donors (Lipinski definition) is 2. The van der Waals surface area contributed by atoms with Crippen LogP contribution >= 0.6 is 0 Å². The molecule has 0 aliphatic carbocycles. The summed E-state index contributed by atoms with van der Waals surface area (Å²) in [5.41, 5.74) is 2.67. The fourth-order valence-electron chi connectivity index (χ4n) is 2.51. The highest BCUT2D eigenvalue weighted by atomic mass is 16.3. The number of amides is 1. The maximum Gasteiger partial charge on any atom is 0.220 e. The molecule has 0 atom stereocenters. The van der Waals surface area contributed by atoms with Crippen LogP contribution in [0, 0.1) is 0 Å². The van der Waals surface area contributed by atoms with Crippen LogP contribution in [0.2, 0.25) is 0 Å². The van der Waals surface area contributed by atoms with Gasteiger partial charge >= 0.3 is 0 Å². The van der Waals surface area contributed by atoms with Crippen molar-refractivity contribution in [1.29, 1.82) is 0 Å². The van der Waals surface area contributed by atoms with Crippen molar-refractivity contribution >= 4 is 5.91 Å². The maximum atomic E-state index is 11.8. The van der Waals surface area contributed by atoms with E-state index in [0.717, 1.165) is 16.7 Å². The Morgan fingerprint density at radius 1 is 1.13 bits per heavy atom. The molecule has 0 saturated carbocycles. The van der Waals surface area contributed by atoms with Crippen LogP contribution in [0.15, 0.2) is 24.8 Å². The molecule has 0 aromatic heterocycles. The molecule has 3 nitrogen and oxygen atoms in total. The lowest BCUT2D eigenvalue weighted by Crippen LogP contribution is -2.23. The zero-order valence-electron chi connectivity index (χ0n) is 15.4. The summed E-state index contributed by atoms with van der Waals surface area (Å²) in [5.74, 6) is 0.400. The largest absolute Gasteiger partial charge is 0.507 e. The van der Waals surface area contributed by atoms with E-state index in [4.69, 9.17) is 0 Å². The summed E-state index contributed by atoms with van der Waals surface area (Å²) >= 11 is 0. The van der Waals surface area contributed by atoms with E-state index in [1.54, 1.807) is 6.08 Å². The van der Waals surface area contributed by atoms with Crippen LogP contribution in [-0.4, -0.2) is 17.6 Å². The second-order valence-corrected chi connectivity index (χ2v) is 8.13. The van der Waals surface area contributed by atoms with Gasteiger partial charge in [0.15, 0.2) is 0 Å². The zero-order valence-corrected chi connectivity index (χ0v) is 15.4. The Kier molecular flexibility index (Phi) is 6.04. The van der Waals surface area contributed by atoms with E-state index in [2.05, 4.69) is 53.4 Å². The maximum absolute atomic E-state index is 11.8. The van der Waals surface area contributed by atoms with E-state index in [1.807, 2.05) is 12.1 Å². The second-order valence-electron chi connectivity index (χ2n) is 8.13. The third-order valence-electron chi connectivity index (χ3n) is 3.87. The summed E-state index contributed by atoms with van der Waals surface area (Å²) in [4.78, 5) is 11.8. The van der Waals surface area contributed by atoms with E-state index >= 15 is 0 Å². The Hall–Kier alpha value is -1.77. The topological polar surface area (TPSA) is 49.3 Å². The van der Waals surface area contributed by atoms with Crippen LogP contribution in [0.4, 0.5) is 0 Å². The van der Waals surface area contributed by atoms with Crippen molar-refractivity contribution < 1.29 is 9.90 Å². The molecule has 2 N–H and O–H groups in total. The summed E-state index contributed by atoms with van der Waals surface area (Å²) in [7, 11) is 0. The monoisotopic (exact) mass is 317 g/mol. The van der Waals surface area contributed by atoms with E-state index in [1.165, 1.54) is 0 Å². The number of benzene rings is 1. The van der Waals surface area contributed by atoms with Gasteiger partial charge in [-0.1, -0.05) is 59.8 Å². The van der Waals surface area contributed by atoms with Gasteiger partial charge in [0.1, 0.15) is 5.75 Å². The highest BCUT2D eigenvalue weighted by molar-refractivity contribution is 5.76. The molecule has 1 amide bonds. The van der Waals surface area contributed by atoms with E-state index < -0.39 is 0 Å². The molecule has 0 fully saturated rings. The molecular formula is C20H31NO2. The number of phenolic OH excluding ortho intramolecular Hbond substituents is 1. The lowest BCUT2D eigenvalue weighted by Gasteiger charge is -2.28. The minimum Gasteiger partial charge on any atom is -0.507 e. The predicted molar refractivity (Wildman–Crippen MR) is 97.0 cm³/mol. The Morgan fingerprint density at radius 3 is 2.00 bits per heavy atom. The van der Waals surface area contributed by atoms with Gasteiger partial charge in [-0.05, 0) is 33.9 Å². The van der Waals surface area contributed by atoms with Gasteiger partial charge in [0.25, 0.3) is 0 Å². The Bertz CT molecular complexity index is 539. The van der Waals surface area contributed by atoms with E-state index in [-0.39, 0.29) is 16.7 Å². The average molecular weight is 317 g/mol. The van der Waals surface area contributed by atoms with E-state index in [0.29, 0.717) is 25.1 Å². The molecule has 0 spiro atoms. The lowest BCUT2D eigenvalue weighted by atomic mass is 9.78.